The summed E-state index contributed by atoms with van der Waals surface area (Å²) in [5.41, 5.74) is 2.73. The summed E-state index contributed by atoms with van der Waals surface area (Å²) in [6.45, 7) is 4.31. The number of aliphatic imine (C=N–C) groups is 1. The largest absolute Gasteiger partial charge is 0.486 e. The Morgan fingerprint density at radius 2 is 2.06 bits per heavy atom. The maximum absolute atomic E-state index is 14.3. The summed E-state index contributed by atoms with van der Waals surface area (Å²) < 4.78 is 35.4. The number of nitrogens with one attached hydrogen (secondary N) is 1. The van der Waals surface area contributed by atoms with E-state index < -0.39 is 12.5 Å². The minimum Gasteiger partial charge on any atom is -0.486 e. The molecule has 1 aromatic carbocycles. The minimum atomic E-state index is -3.01. The number of rotatable bonds is 4. The van der Waals surface area contributed by atoms with Crippen molar-refractivity contribution in [2.45, 2.75) is 25.8 Å². The fourth-order valence-electron chi connectivity index (χ4n) is 4.90. The van der Waals surface area contributed by atoms with E-state index >= 15 is 0 Å². The molecule has 0 radical (unpaired) electrons. The predicted molar refractivity (Wildman–Crippen MR) is 134 cm³/mol. The Morgan fingerprint density at radius 3 is 2.86 bits per heavy atom. The molecule has 0 bridgehead atoms. The molecule has 10 heteroatoms. The highest BCUT2D eigenvalue weighted by Gasteiger charge is 2.43. The molecular formula is C26H24F2N6O2. The van der Waals surface area contributed by atoms with Gasteiger partial charge in [0.25, 0.3) is 5.56 Å². The topological polar surface area (TPSA) is 84.6 Å². The quantitative estimate of drug-likeness (QED) is 0.597. The number of nitrogens with zero attached hydrogens (tertiary/aromatic N) is 5. The van der Waals surface area contributed by atoms with Crippen molar-refractivity contribution in [2.24, 2.45) is 12.0 Å². The van der Waals surface area contributed by atoms with E-state index in [4.69, 9.17) is 9.72 Å². The molecule has 0 saturated carbocycles. The van der Waals surface area contributed by atoms with Crippen LogP contribution in [-0.4, -0.2) is 40.1 Å². The zero-order valence-electron chi connectivity index (χ0n) is 20.0. The molecule has 36 heavy (non-hydrogen) atoms. The number of fused-ring (bicyclic) bond motifs is 4. The number of aryl methyl sites for hydroxylation is 2. The molecule has 0 spiro atoms. The van der Waals surface area contributed by atoms with Crippen LogP contribution in [0.4, 0.5) is 20.4 Å². The third kappa shape index (κ3) is 3.47. The molecule has 8 nitrogen and oxygen atoms in total. The molecule has 3 aliphatic rings. The number of ether oxygens (including phenoxy) is 1. The van der Waals surface area contributed by atoms with Crippen LogP contribution < -0.4 is 20.5 Å². The average molecular weight is 491 g/mol. The third-order valence-electron chi connectivity index (χ3n) is 6.74. The van der Waals surface area contributed by atoms with Crippen LogP contribution in [0, 0.1) is 6.92 Å². The normalized spacial score (nSPS) is 18.0. The summed E-state index contributed by atoms with van der Waals surface area (Å²) in [5.74, 6) is -0.161. The highest BCUT2D eigenvalue weighted by Crippen LogP contribution is 2.45. The number of amidine groups is 1. The molecule has 3 aromatic rings. The van der Waals surface area contributed by atoms with Crippen molar-refractivity contribution >= 4 is 29.1 Å². The van der Waals surface area contributed by atoms with Gasteiger partial charge in [0.05, 0.1) is 23.7 Å². The number of hydrogen-bond acceptors (Lipinski definition) is 7. The van der Waals surface area contributed by atoms with Gasteiger partial charge in [-0.15, -0.1) is 0 Å². The van der Waals surface area contributed by atoms with Gasteiger partial charge in [-0.25, -0.2) is 9.97 Å². The lowest BCUT2D eigenvalue weighted by Crippen LogP contribution is -2.33. The van der Waals surface area contributed by atoms with Crippen molar-refractivity contribution in [3.63, 3.8) is 0 Å². The lowest BCUT2D eigenvalue weighted by atomic mass is 9.98. The van der Waals surface area contributed by atoms with Crippen LogP contribution in [0.3, 0.4) is 0 Å². The van der Waals surface area contributed by atoms with Crippen LogP contribution in [0.1, 0.15) is 41.0 Å². The van der Waals surface area contributed by atoms with Crippen LogP contribution in [-0.2, 0) is 13.0 Å². The Bertz CT molecular complexity index is 1530. The molecule has 2 aromatic heterocycles. The van der Waals surface area contributed by atoms with Crippen LogP contribution in [0.5, 0.6) is 5.75 Å². The van der Waals surface area contributed by atoms with E-state index in [2.05, 4.69) is 15.3 Å². The molecule has 5 heterocycles. The first-order valence-corrected chi connectivity index (χ1v) is 11.7. The molecule has 0 aliphatic carbocycles. The fraction of sp³-hybridized carbons (Fsp3) is 0.308. The number of para-hydroxylation sites is 1. The van der Waals surface area contributed by atoms with Crippen molar-refractivity contribution in [2.75, 3.05) is 29.9 Å². The molecule has 3 aliphatic heterocycles. The predicted octanol–water partition coefficient (Wildman–Crippen LogP) is 3.91. The van der Waals surface area contributed by atoms with E-state index in [1.165, 1.54) is 10.6 Å². The smallest absolute Gasteiger partial charge is 0.310 e. The van der Waals surface area contributed by atoms with E-state index in [1.54, 1.807) is 31.4 Å². The number of hydrogen-bond donors (Lipinski definition) is 1. The zero-order chi connectivity index (χ0) is 25.2. The number of anilines is 2. The van der Waals surface area contributed by atoms with E-state index in [-0.39, 0.29) is 22.9 Å². The summed E-state index contributed by atoms with van der Waals surface area (Å²) in [7, 11) is 1.70. The SMILES string of the molecule is Cc1nc(NC(C)c2cccc3c2OCC3(F)F)c2c(n1)N1CCN=C1C(c1ccn(C)c(=O)c1)=C2. The Hall–Kier alpha value is -4.08. The van der Waals surface area contributed by atoms with Crippen LogP contribution in [0.25, 0.3) is 11.6 Å². The van der Waals surface area contributed by atoms with Crippen molar-refractivity contribution in [1.29, 1.82) is 0 Å². The van der Waals surface area contributed by atoms with E-state index in [9.17, 15) is 13.6 Å². The first-order chi connectivity index (χ1) is 17.2. The second kappa shape index (κ2) is 7.97. The van der Waals surface area contributed by atoms with Crippen molar-refractivity contribution in [3.8, 4) is 5.75 Å². The highest BCUT2D eigenvalue weighted by molar-refractivity contribution is 6.36. The molecule has 0 saturated heterocycles. The molecule has 0 amide bonds. The summed E-state index contributed by atoms with van der Waals surface area (Å²) in [5, 5.41) is 3.40. The monoisotopic (exact) mass is 490 g/mol. The third-order valence-corrected chi connectivity index (χ3v) is 6.74. The van der Waals surface area contributed by atoms with Gasteiger partial charge in [-0.1, -0.05) is 12.1 Å². The maximum atomic E-state index is 14.3. The lowest BCUT2D eigenvalue weighted by Gasteiger charge is -2.29. The zero-order valence-corrected chi connectivity index (χ0v) is 20.0. The van der Waals surface area contributed by atoms with Crippen molar-refractivity contribution in [3.05, 3.63) is 75.0 Å². The van der Waals surface area contributed by atoms with Crippen molar-refractivity contribution < 1.29 is 13.5 Å². The highest BCUT2D eigenvalue weighted by atomic mass is 19.3. The number of aromatic nitrogens is 3. The number of halogens is 2. The summed E-state index contributed by atoms with van der Waals surface area (Å²) in [6.07, 6.45) is 3.67. The second-order valence-electron chi connectivity index (χ2n) is 9.22. The maximum Gasteiger partial charge on any atom is 0.310 e. The van der Waals surface area contributed by atoms with Crippen LogP contribution in [0.2, 0.25) is 0 Å². The Balaban J connectivity index is 1.45. The molecule has 6 rings (SSSR count). The molecular weight excluding hydrogens is 466 g/mol. The second-order valence-corrected chi connectivity index (χ2v) is 9.22. The minimum absolute atomic E-state index is 0.0969. The van der Waals surface area contributed by atoms with Gasteiger partial charge in [0, 0.05) is 37.0 Å². The van der Waals surface area contributed by atoms with Gasteiger partial charge < -0.3 is 19.5 Å². The lowest BCUT2D eigenvalue weighted by molar-refractivity contribution is -0.0214. The number of pyridine rings is 1. The summed E-state index contributed by atoms with van der Waals surface area (Å²) in [6, 6.07) is 7.91. The van der Waals surface area contributed by atoms with Gasteiger partial charge >= 0.3 is 5.92 Å². The van der Waals surface area contributed by atoms with E-state index in [0.717, 1.165) is 28.4 Å². The number of alkyl halides is 2. The molecule has 1 unspecified atom stereocenters. The molecule has 1 N–H and O–H groups in total. The standard InChI is InChI=1S/C26H24F2N6O2/c1-14(17-5-4-6-20-22(17)36-13-26(20,27)28)30-23-19-12-18(16-7-9-33(3)21(35)11-16)24-29-8-10-34(24)25(19)32-15(2)31-23/h4-7,9,11-12,14H,8,10,13H2,1-3H3,(H,30,31,32). The Morgan fingerprint density at radius 1 is 1.22 bits per heavy atom. The van der Waals surface area contributed by atoms with Gasteiger partial charge in [-0.3, -0.25) is 9.79 Å². The average Bonchev–Trinajstić information content (AvgIpc) is 3.45. The van der Waals surface area contributed by atoms with E-state index in [0.29, 0.717) is 30.3 Å². The first-order valence-electron chi connectivity index (χ1n) is 11.7. The Labute approximate surface area is 206 Å². The van der Waals surface area contributed by atoms with Crippen LogP contribution >= 0.6 is 0 Å². The van der Waals surface area contributed by atoms with Crippen LogP contribution in [0.15, 0.2) is 46.3 Å². The molecule has 0 fully saturated rings. The van der Waals surface area contributed by atoms with Gasteiger partial charge in [-0.2, -0.15) is 8.78 Å². The molecule has 184 valence electrons. The van der Waals surface area contributed by atoms with Gasteiger partial charge in [-0.05, 0) is 37.6 Å². The fourth-order valence-corrected chi connectivity index (χ4v) is 4.90. The first kappa shape index (κ1) is 22.4. The molecule has 1 atom stereocenters. The van der Waals surface area contributed by atoms with E-state index in [1.807, 2.05) is 30.9 Å². The Kier molecular flexibility index (Phi) is 4.96. The van der Waals surface area contributed by atoms with Gasteiger partial charge in [0.1, 0.15) is 29.0 Å². The number of benzene rings is 1. The van der Waals surface area contributed by atoms with Crippen molar-refractivity contribution in [1.82, 2.24) is 14.5 Å². The van der Waals surface area contributed by atoms with Gasteiger partial charge in [0.2, 0.25) is 0 Å². The summed E-state index contributed by atoms with van der Waals surface area (Å²) >= 11 is 0. The van der Waals surface area contributed by atoms with Gasteiger partial charge in [0.15, 0.2) is 6.61 Å². The summed E-state index contributed by atoms with van der Waals surface area (Å²) in [4.78, 5) is 28.4.